The van der Waals surface area contributed by atoms with Crippen molar-refractivity contribution in [2.75, 3.05) is 6.61 Å². The molecule has 0 bridgehead atoms. The van der Waals surface area contributed by atoms with Crippen LogP contribution < -0.4 is 0 Å². The predicted molar refractivity (Wildman–Crippen MR) is 88.2 cm³/mol. The van der Waals surface area contributed by atoms with E-state index in [1.165, 1.54) is 13.0 Å². The zero-order chi connectivity index (χ0) is 18.6. The highest BCUT2D eigenvalue weighted by Gasteiger charge is 2.75. The highest BCUT2D eigenvalue weighted by atomic mass is 19.3. The number of alkyl halides is 2. The van der Waals surface area contributed by atoms with Gasteiger partial charge in [-0.25, -0.2) is 0 Å². The molecule has 4 nitrogen and oxygen atoms in total. The summed E-state index contributed by atoms with van der Waals surface area (Å²) >= 11 is 0. The Morgan fingerprint density at radius 2 is 1.72 bits per heavy atom. The third-order valence-corrected chi connectivity index (χ3v) is 5.33. The molecule has 1 aromatic rings. The van der Waals surface area contributed by atoms with Crippen LogP contribution in [0.4, 0.5) is 8.78 Å². The van der Waals surface area contributed by atoms with E-state index in [9.17, 15) is 13.9 Å². The molecule has 2 aliphatic rings. The molecular weight excluding hydrogens is 330 g/mol. The lowest BCUT2D eigenvalue weighted by molar-refractivity contribution is -0.316. The van der Waals surface area contributed by atoms with Crippen LogP contribution in [0.5, 0.6) is 0 Å². The van der Waals surface area contributed by atoms with Gasteiger partial charge in [0.1, 0.15) is 11.2 Å². The number of hydrogen-bond donors (Lipinski definition) is 1. The van der Waals surface area contributed by atoms with Crippen LogP contribution in [0.15, 0.2) is 42.5 Å². The van der Waals surface area contributed by atoms with Crippen LogP contribution in [0.25, 0.3) is 0 Å². The van der Waals surface area contributed by atoms with Gasteiger partial charge in [0.25, 0.3) is 5.92 Å². The quantitative estimate of drug-likeness (QED) is 0.845. The lowest BCUT2D eigenvalue weighted by Crippen LogP contribution is -2.75. The third-order valence-electron chi connectivity index (χ3n) is 5.33. The van der Waals surface area contributed by atoms with Gasteiger partial charge in [0.2, 0.25) is 0 Å². The molecule has 1 aliphatic carbocycles. The zero-order valence-electron chi connectivity index (χ0n) is 14.9. The number of aliphatic hydroxyl groups is 1. The molecule has 138 valence electrons. The van der Waals surface area contributed by atoms with E-state index in [1.54, 1.807) is 20.8 Å². The smallest absolute Gasteiger partial charge is 0.300 e. The van der Waals surface area contributed by atoms with Gasteiger partial charge >= 0.3 is 0 Å². The summed E-state index contributed by atoms with van der Waals surface area (Å²) in [5.41, 5.74) is -4.76. The molecule has 1 fully saturated rings. The molecule has 0 saturated carbocycles. The molecule has 0 radical (unpaired) electrons. The van der Waals surface area contributed by atoms with Crippen LogP contribution in [-0.2, 0) is 20.8 Å². The molecule has 0 unspecified atom stereocenters. The standard InChI is InChI=1S/C19H24F2O4/c1-15(2)24-13-18(25-15)17(4,22)16(3,10-11-19(18,20)21)23-12-14-8-6-5-7-9-14/h5-11,22H,12-13H2,1-4H3/t16-,17+,18+/m1/s1. The number of hydrogen-bond acceptors (Lipinski definition) is 4. The average Bonchev–Trinajstić information content (AvgIpc) is 2.89. The molecule has 1 spiro atoms. The van der Waals surface area contributed by atoms with Gasteiger partial charge in [0.15, 0.2) is 11.4 Å². The molecule has 6 heteroatoms. The summed E-state index contributed by atoms with van der Waals surface area (Å²) in [6.07, 6.45) is 1.97. The fraction of sp³-hybridized carbons (Fsp3) is 0.579. The van der Waals surface area contributed by atoms with Crippen LogP contribution in [0.2, 0.25) is 0 Å². The second kappa shape index (κ2) is 5.58. The molecule has 3 atom stereocenters. The van der Waals surface area contributed by atoms with Gasteiger partial charge in [-0.2, -0.15) is 8.78 Å². The summed E-state index contributed by atoms with van der Waals surface area (Å²) < 4.78 is 46.5. The first-order valence-electron chi connectivity index (χ1n) is 8.27. The van der Waals surface area contributed by atoms with Gasteiger partial charge in [-0.3, -0.25) is 0 Å². The van der Waals surface area contributed by atoms with E-state index in [2.05, 4.69) is 0 Å². The molecule has 1 N–H and O–H groups in total. The molecule has 25 heavy (non-hydrogen) atoms. The first-order valence-corrected chi connectivity index (χ1v) is 8.27. The van der Waals surface area contributed by atoms with Crippen LogP contribution >= 0.6 is 0 Å². The molecule has 1 aromatic carbocycles. The Hall–Kier alpha value is -1.34. The summed E-state index contributed by atoms with van der Waals surface area (Å²) in [6.45, 7) is 5.74. The van der Waals surface area contributed by atoms with E-state index >= 15 is 0 Å². The van der Waals surface area contributed by atoms with Crippen LogP contribution in [0, 0.1) is 0 Å². The molecule has 0 amide bonds. The Bertz CT molecular complexity index is 671. The van der Waals surface area contributed by atoms with Crippen molar-refractivity contribution in [3.8, 4) is 0 Å². The summed E-state index contributed by atoms with van der Waals surface area (Å²) in [7, 11) is 0. The van der Waals surface area contributed by atoms with Crippen LogP contribution in [0.3, 0.4) is 0 Å². The van der Waals surface area contributed by atoms with Gasteiger partial charge in [0, 0.05) is 0 Å². The number of benzene rings is 1. The van der Waals surface area contributed by atoms with Crippen LogP contribution in [-0.4, -0.2) is 40.2 Å². The molecule has 1 heterocycles. The Balaban J connectivity index is 1.96. The van der Waals surface area contributed by atoms with Gasteiger partial charge < -0.3 is 19.3 Å². The normalized spacial score (nSPS) is 39.0. The second-order valence-corrected chi connectivity index (χ2v) is 7.53. The molecule has 1 saturated heterocycles. The monoisotopic (exact) mass is 354 g/mol. The zero-order valence-corrected chi connectivity index (χ0v) is 14.9. The Morgan fingerprint density at radius 1 is 1.08 bits per heavy atom. The number of rotatable bonds is 3. The molecular formula is C19H24F2O4. The van der Waals surface area contributed by atoms with E-state index in [-0.39, 0.29) is 6.61 Å². The Labute approximate surface area is 146 Å². The van der Waals surface area contributed by atoms with Crippen molar-refractivity contribution in [3.05, 3.63) is 48.0 Å². The maximum Gasteiger partial charge on any atom is 0.300 e. The predicted octanol–water partition coefficient (Wildman–Crippen LogP) is 3.44. The maximum absolute atomic E-state index is 14.8. The van der Waals surface area contributed by atoms with Crippen molar-refractivity contribution >= 4 is 0 Å². The third kappa shape index (κ3) is 2.72. The van der Waals surface area contributed by atoms with E-state index < -0.39 is 35.1 Å². The second-order valence-electron chi connectivity index (χ2n) is 7.53. The maximum atomic E-state index is 14.8. The topological polar surface area (TPSA) is 47.9 Å². The van der Waals surface area contributed by atoms with Gasteiger partial charge in [0.05, 0.1) is 13.2 Å². The van der Waals surface area contributed by atoms with E-state index in [0.29, 0.717) is 0 Å². The van der Waals surface area contributed by atoms with Gasteiger partial charge in [-0.15, -0.1) is 0 Å². The minimum atomic E-state index is -3.40. The lowest BCUT2D eigenvalue weighted by atomic mass is 9.65. The fourth-order valence-corrected chi connectivity index (χ4v) is 3.44. The van der Waals surface area contributed by atoms with Crippen molar-refractivity contribution in [2.45, 2.75) is 62.8 Å². The molecule has 1 aliphatic heterocycles. The van der Waals surface area contributed by atoms with E-state index in [4.69, 9.17) is 14.2 Å². The van der Waals surface area contributed by atoms with Gasteiger partial charge in [-0.1, -0.05) is 30.3 Å². The van der Waals surface area contributed by atoms with E-state index in [1.807, 2.05) is 30.3 Å². The van der Waals surface area contributed by atoms with Crippen molar-refractivity contribution in [2.24, 2.45) is 0 Å². The lowest BCUT2D eigenvalue weighted by Gasteiger charge is -2.54. The minimum absolute atomic E-state index is 0.170. The fourth-order valence-electron chi connectivity index (χ4n) is 3.44. The van der Waals surface area contributed by atoms with Gasteiger partial charge in [-0.05, 0) is 45.4 Å². The highest BCUT2D eigenvalue weighted by molar-refractivity contribution is 5.32. The Kier molecular flexibility index (Phi) is 4.12. The molecule has 3 rings (SSSR count). The van der Waals surface area contributed by atoms with Crippen molar-refractivity contribution in [3.63, 3.8) is 0 Å². The summed E-state index contributed by atoms with van der Waals surface area (Å²) in [4.78, 5) is 0. The summed E-state index contributed by atoms with van der Waals surface area (Å²) in [5.74, 6) is -4.63. The first kappa shape index (κ1) is 18.5. The van der Waals surface area contributed by atoms with E-state index in [0.717, 1.165) is 11.6 Å². The number of halogens is 2. The minimum Gasteiger partial charge on any atom is -0.383 e. The van der Waals surface area contributed by atoms with Crippen molar-refractivity contribution in [1.29, 1.82) is 0 Å². The largest absolute Gasteiger partial charge is 0.383 e. The summed E-state index contributed by atoms with van der Waals surface area (Å²) in [6, 6.07) is 9.34. The average molecular weight is 354 g/mol. The molecule has 0 aromatic heterocycles. The highest BCUT2D eigenvalue weighted by Crippen LogP contribution is 2.56. The Morgan fingerprint density at radius 3 is 2.28 bits per heavy atom. The van der Waals surface area contributed by atoms with Crippen molar-refractivity contribution in [1.82, 2.24) is 0 Å². The summed E-state index contributed by atoms with van der Waals surface area (Å²) in [5, 5.41) is 11.2. The van der Waals surface area contributed by atoms with Crippen molar-refractivity contribution < 1.29 is 28.1 Å². The van der Waals surface area contributed by atoms with Crippen LogP contribution in [0.1, 0.15) is 33.3 Å². The number of ether oxygens (including phenoxy) is 3. The first-order chi connectivity index (χ1) is 11.4. The SMILES string of the molecule is CC1(C)OC[C@@]2(O1)C(F)(F)C=C[C@@](C)(OCc1ccccc1)[C@]2(C)O.